The van der Waals surface area contributed by atoms with Crippen LogP contribution in [0.25, 0.3) is 0 Å². The molecule has 4 saturated carbocycles. The summed E-state index contributed by atoms with van der Waals surface area (Å²) in [4.78, 5) is 28.3. The summed E-state index contributed by atoms with van der Waals surface area (Å²) < 4.78 is 0. The minimum Gasteiger partial charge on any atom is -0.366 e. The third-order valence-electron chi connectivity index (χ3n) is 6.47. The zero-order chi connectivity index (χ0) is 17.4. The lowest BCUT2D eigenvalue weighted by Crippen LogP contribution is -2.50. The van der Waals surface area contributed by atoms with Crippen molar-refractivity contribution in [2.45, 2.75) is 44.9 Å². The van der Waals surface area contributed by atoms with E-state index in [1.165, 1.54) is 25.5 Å². The number of hydrogen-bond donors (Lipinski definition) is 1. The quantitative estimate of drug-likeness (QED) is 0.760. The summed E-state index contributed by atoms with van der Waals surface area (Å²) in [6.07, 6.45) is 9.98. The van der Waals surface area contributed by atoms with Gasteiger partial charge in [-0.15, -0.1) is 0 Å². The number of carbonyl (C=O) groups excluding carboxylic acids is 2. The molecule has 1 aromatic rings. The maximum atomic E-state index is 12.9. The minimum absolute atomic E-state index is 0.0309. The molecule has 0 atom stereocenters. The van der Waals surface area contributed by atoms with E-state index in [9.17, 15) is 9.59 Å². The van der Waals surface area contributed by atoms with Crippen LogP contribution in [0.3, 0.4) is 0 Å². The minimum atomic E-state index is -0.449. The fraction of sp³-hybridized carbons (Fsp3) is 0.650. The second kappa shape index (κ2) is 6.75. The first-order valence-corrected chi connectivity index (χ1v) is 10.6. The molecule has 2 N–H and O–H groups in total. The Kier molecular flexibility index (Phi) is 4.61. The van der Waals surface area contributed by atoms with Gasteiger partial charge in [0.25, 0.3) is 0 Å². The zero-order valence-electron chi connectivity index (χ0n) is 14.6. The van der Waals surface area contributed by atoms with Crippen LogP contribution in [-0.4, -0.2) is 28.2 Å². The molecule has 4 aliphatic carbocycles. The molecule has 0 aliphatic heterocycles. The third-order valence-corrected chi connectivity index (χ3v) is 7.43. The fourth-order valence-electron chi connectivity index (χ4n) is 5.66. The van der Waals surface area contributed by atoms with Crippen LogP contribution in [0.2, 0.25) is 0 Å². The Morgan fingerprint density at radius 3 is 2.28 bits per heavy atom. The molecule has 5 heteroatoms. The molecule has 0 radical (unpaired) electrons. The van der Waals surface area contributed by atoms with Crippen LogP contribution in [0, 0.1) is 23.2 Å². The molecule has 134 valence electrons. The van der Waals surface area contributed by atoms with Crippen LogP contribution >= 0.6 is 11.8 Å². The lowest BCUT2D eigenvalue weighted by Gasteiger charge is -2.56. The molecular weight excluding hydrogens is 332 g/mol. The number of amides is 1. The van der Waals surface area contributed by atoms with Gasteiger partial charge < -0.3 is 5.73 Å². The Balaban J connectivity index is 1.26. The first-order chi connectivity index (χ1) is 12.0. The fourth-order valence-corrected chi connectivity index (χ4v) is 6.65. The topological polar surface area (TPSA) is 73.1 Å². The monoisotopic (exact) mass is 358 g/mol. The first-order valence-electron chi connectivity index (χ1n) is 9.40. The molecule has 4 nitrogen and oxygen atoms in total. The summed E-state index contributed by atoms with van der Waals surface area (Å²) in [5.41, 5.74) is 6.64. The van der Waals surface area contributed by atoms with Gasteiger partial charge in [0.2, 0.25) is 5.91 Å². The van der Waals surface area contributed by atoms with Crippen LogP contribution in [0.15, 0.2) is 18.3 Å². The Labute approximate surface area is 153 Å². The predicted molar refractivity (Wildman–Crippen MR) is 99.4 cm³/mol. The highest BCUT2D eigenvalue weighted by Crippen LogP contribution is 2.60. The van der Waals surface area contributed by atoms with Crippen molar-refractivity contribution in [3.63, 3.8) is 0 Å². The van der Waals surface area contributed by atoms with E-state index in [4.69, 9.17) is 5.73 Å². The summed E-state index contributed by atoms with van der Waals surface area (Å²) in [5, 5.41) is 0. The number of aryl methyl sites for hydroxylation is 1. The van der Waals surface area contributed by atoms with Crippen molar-refractivity contribution in [2.24, 2.45) is 28.9 Å². The van der Waals surface area contributed by atoms with Gasteiger partial charge in [0.05, 0.1) is 11.3 Å². The number of primary amides is 1. The molecule has 0 aromatic carbocycles. The number of ketones is 1. The number of nitrogens with two attached hydrogens (primary N) is 1. The van der Waals surface area contributed by atoms with E-state index in [0.717, 1.165) is 54.9 Å². The zero-order valence-corrected chi connectivity index (χ0v) is 15.4. The van der Waals surface area contributed by atoms with Crippen LogP contribution in [0.4, 0.5) is 0 Å². The molecule has 1 amide bonds. The van der Waals surface area contributed by atoms with Gasteiger partial charge in [0.15, 0.2) is 0 Å². The van der Waals surface area contributed by atoms with Crippen LogP contribution in [-0.2, 0) is 11.2 Å². The van der Waals surface area contributed by atoms with Crippen LogP contribution < -0.4 is 5.73 Å². The molecule has 4 bridgehead atoms. The van der Waals surface area contributed by atoms with Crippen molar-refractivity contribution in [2.75, 3.05) is 11.5 Å². The summed E-state index contributed by atoms with van der Waals surface area (Å²) in [5.74, 6) is 4.07. The molecule has 0 saturated heterocycles. The van der Waals surface area contributed by atoms with Crippen molar-refractivity contribution in [1.82, 2.24) is 4.98 Å². The van der Waals surface area contributed by atoms with Gasteiger partial charge in [0.1, 0.15) is 5.78 Å². The van der Waals surface area contributed by atoms with Crippen molar-refractivity contribution in [3.8, 4) is 0 Å². The maximum Gasteiger partial charge on any atom is 0.250 e. The number of aromatic nitrogens is 1. The van der Waals surface area contributed by atoms with Gasteiger partial charge in [0, 0.05) is 17.3 Å². The molecule has 4 aliphatic rings. The van der Waals surface area contributed by atoms with E-state index < -0.39 is 5.91 Å². The van der Waals surface area contributed by atoms with Gasteiger partial charge in [-0.1, -0.05) is 0 Å². The second-order valence-corrected chi connectivity index (χ2v) is 9.43. The van der Waals surface area contributed by atoms with Crippen LogP contribution in [0.1, 0.15) is 54.6 Å². The molecule has 1 heterocycles. The van der Waals surface area contributed by atoms with Crippen molar-refractivity contribution in [1.29, 1.82) is 0 Å². The normalized spacial score (nSPS) is 32.7. The smallest absolute Gasteiger partial charge is 0.250 e. The van der Waals surface area contributed by atoms with E-state index in [0.29, 0.717) is 17.1 Å². The average molecular weight is 359 g/mol. The van der Waals surface area contributed by atoms with E-state index in [1.807, 2.05) is 6.07 Å². The molecule has 0 unspecified atom stereocenters. The lowest BCUT2D eigenvalue weighted by atomic mass is 9.48. The number of pyridine rings is 1. The summed E-state index contributed by atoms with van der Waals surface area (Å²) in [6, 6.07) is 3.57. The van der Waals surface area contributed by atoms with Gasteiger partial charge >= 0.3 is 0 Å². The number of Topliss-reactive ketones (excluding diaryl/α,β-unsaturated/α-hetero) is 1. The number of hydrogen-bond acceptors (Lipinski definition) is 4. The molecule has 0 spiro atoms. The number of carbonyl (C=O) groups is 2. The van der Waals surface area contributed by atoms with Crippen molar-refractivity contribution < 1.29 is 9.59 Å². The lowest BCUT2D eigenvalue weighted by molar-refractivity contribution is -0.141. The Morgan fingerprint density at radius 2 is 1.76 bits per heavy atom. The van der Waals surface area contributed by atoms with E-state index in [2.05, 4.69) is 4.98 Å². The summed E-state index contributed by atoms with van der Waals surface area (Å²) in [6.45, 7) is 0. The summed E-state index contributed by atoms with van der Waals surface area (Å²) in [7, 11) is 0. The Morgan fingerprint density at radius 1 is 1.12 bits per heavy atom. The molecule has 5 rings (SSSR count). The van der Waals surface area contributed by atoms with Crippen LogP contribution in [0.5, 0.6) is 0 Å². The van der Waals surface area contributed by atoms with E-state index in [1.54, 1.807) is 17.8 Å². The number of nitrogens with zero attached hydrogens (tertiary/aromatic N) is 1. The highest BCUT2D eigenvalue weighted by Gasteiger charge is 2.53. The average Bonchev–Trinajstić information content (AvgIpc) is 2.57. The molecular formula is C20H26N2O2S. The third kappa shape index (κ3) is 3.48. The van der Waals surface area contributed by atoms with Crippen molar-refractivity contribution in [3.05, 3.63) is 29.6 Å². The molecule has 4 fully saturated rings. The predicted octanol–water partition coefficient (Wildman–Crippen LogP) is 3.24. The Hall–Kier alpha value is -1.36. The SMILES string of the molecule is NC(=O)c1ccc(CCSCC(=O)C23CC4CC(CC(C4)C2)C3)nc1. The second-order valence-electron chi connectivity index (χ2n) is 8.33. The molecule has 1 aromatic heterocycles. The van der Waals surface area contributed by atoms with Crippen molar-refractivity contribution >= 4 is 23.5 Å². The van der Waals surface area contributed by atoms with E-state index in [-0.39, 0.29) is 5.41 Å². The Bertz CT molecular complexity index is 635. The van der Waals surface area contributed by atoms with Gasteiger partial charge in [-0.2, -0.15) is 11.8 Å². The molecule has 25 heavy (non-hydrogen) atoms. The number of rotatable bonds is 7. The maximum absolute atomic E-state index is 12.9. The largest absolute Gasteiger partial charge is 0.366 e. The van der Waals surface area contributed by atoms with Gasteiger partial charge in [-0.3, -0.25) is 14.6 Å². The highest BCUT2D eigenvalue weighted by molar-refractivity contribution is 7.99. The van der Waals surface area contributed by atoms with E-state index >= 15 is 0 Å². The number of thioether (sulfide) groups is 1. The standard InChI is InChI=1S/C20H26N2O2S/c21-19(24)16-1-2-17(22-11-16)3-4-25-12-18(23)20-8-13-5-14(9-20)7-15(6-13)10-20/h1-2,11,13-15H,3-10,12H2,(H2,21,24). The van der Waals surface area contributed by atoms with Gasteiger partial charge in [-0.05, 0) is 80.6 Å². The summed E-state index contributed by atoms with van der Waals surface area (Å²) >= 11 is 1.73. The first kappa shape index (κ1) is 17.1. The highest BCUT2D eigenvalue weighted by atomic mass is 32.2. The van der Waals surface area contributed by atoms with Gasteiger partial charge in [-0.25, -0.2) is 0 Å².